The van der Waals surface area contributed by atoms with E-state index in [-0.39, 0.29) is 16.6 Å². The Labute approximate surface area is 270 Å². The molecule has 0 spiro atoms. The van der Waals surface area contributed by atoms with Crippen molar-refractivity contribution in [2.75, 3.05) is 36.0 Å². The third kappa shape index (κ3) is 7.17. The Morgan fingerprint density at radius 1 is 0.911 bits per heavy atom. The average molecular weight is 629 g/mol. The highest BCUT2D eigenvalue weighted by Gasteiger charge is 2.30. The molecule has 1 aliphatic rings. The van der Waals surface area contributed by atoms with Gasteiger partial charge < -0.3 is 19.1 Å². The van der Waals surface area contributed by atoms with Crippen molar-refractivity contribution in [3.8, 4) is 22.4 Å². The van der Waals surface area contributed by atoms with E-state index >= 15 is 0 Å². The van der Waals surface area contributed by atoms with Crippen molar-refractivity contribution in [1.82, 2.24) is 4.57 Å². The van der Waals surface area contributed by atoms with Crippen molar-refractivity contribution in [2.45, 2.75) is 59.6 Å². The fourth-order valence-electron chi connectivity index (χ4n) is 5.97. The number of carbonyl (C=O) groups excluding carboxylic acids is 1. The Morgan fingerprint density at radius 2 is 1.53 bits per heavy atom. The van der Waals surface area contributed by atoms with Gasteiger partial charge >= 0.3 is 5.97 Å². The number of unbranched alkanes of at least 4 members (excludes halogenated alkanes) is 1. The number of rotatable bonds is 9. The molecule has 5 rings (SSSR count). The average Bonchev–Trinajstić information content (AvgIpc) is 3.31. The molecule has 0 radical (unpaired) electrons. The van der Waals surface area contributed by atoms with Crippen LogP contribution in [-0.2, 0) is 11.3 Å². The maximum Gasteiger partial charge on any atom is 0.341 e. The summed E-state index contributed by atoms with van der Waals surface area (Å²) >= 11 is 6.30. The molecule has 1 aromatic heterocycles. The van der Waals surface area contributed by atoms with Crippen LogP contribution in [-0.4, -0.2) is 47.2 Å². The first-order chi connectivity index (χ1) is 21.5. The minimum Gasteiger partial charge on any atom is -0.456 e. The molecule has 8 nitrogen and oxygen atoms in total. The Kier molecular flexibility index (Phi) is 9.53. The highest BCUT2D eigenvalue weighted by atomic mass is 35.5. The quantitative estimate of drug-likeness (QED) is 0.105. The smallest absolute Gasteiger partial charge is 0.341 e. The second-order valence-corrected chi connectivity index (χ2v) is 12.9. The van der Waals surface area contributed by atoms with Crippen molar-refractivity contribution in [3.05, 3.63) is 99.2 Å². The van der Waals surface area contributed by atoms with Gasteiger partial charge in [-0.05, 0) is 81.6 Å². The lowest BCUT2D eigenvalue weighted by molar-refractivity contribution is -0.384. The predicted molar refractivity (Wildman–Crippen MR) is 183 cm³/mol. The van der Waals surface area contributed by atoms with Crippen molar-refractivity contribution < 1.29 is 14.5 Å². The van der Waals surface area contributed by atoms with Crippen LogP contribution in [0.3, 0.4) is 0 Å². The number of carbonyl (C=O) groups is 1. The lowest BCUT2D eigenvalue weighted by Crippen LogP contribution is -2.46. The monoisotopic (exact) mass is 628 g/mol. The van der Waals surface area contributed by atoms with Crippen LogP contribution in [0.25, 0.3) is 22.4 Å². The van der Waals surface area contributed by atoms with E-state index < -0.39 is 5.60 Å². The molecule has 1 aliphatic heterocycles. The molecule has 2 heterocycles. The first-order valence-corrected chi connectivity index (χ1v) is 15.9. The van der Waals surface area contributed by atoms with E-state index in [2.05, 4.69) is 45.6 Å². The van der Waals surface area contributed by atoms with Crippen LogP contribution in [0, 0.1) is 17.0 Å². The van der Waals surface area contributed by atoms with Crippen LogP contribution in [0.4, 0.5) is 17.1 Å². The fourth-order valence-corrected chi connectivity index (χ4v) is 6.09. The summed E-state index contributed by atoms with van der Waals surface area (Å²) in [4.78, 5) is 29.2. The van der Waals surface area contributed by atoms with E-state index in [4.69, 9.17) is 16.3 Å². The Balaban J connectivity index is 1.54. The molecule has 0 aliphatic carbocycles. The second kappa shape index (κ2) is 13.4. The molecule has 0 bridgehead atoms. The lowest BCUT2D eigenvalue weighted by Gasteiger charge is -2.37. The molecule has 236 valence electrons. The number of non-ortho nitro benzene ring substituents is 1. The number of hydrogen-bond acceptors (Lipinski definition) is 6. The summed E-state index contributed by atoms with van der Waals surface area (Å²) in [6.45, 7) is 13.8. The summed E-state index contributed by atoms with van der Waals surface area (Å²) in [6, 6.07) is 23.0. The van der Waals surface area contributed by atoms with Crippen LogP contribution < -0.4 is 9.80 Å². The maximum absolute atomic E-state index is 13.9. The summed E-state index contributed by atoms with van der Waals surface area (Å²) < 4.78 is 8.25. The fraction of sp³-hybridized carbons (Fsp3) is 0.361. The summed E-state index contributed by atoms with van der Waals surface area (Å²) in [7, 11) is 0. The maximum atomic E-state index is 13.9. The van der Waals surface area contributed by atoms with E-state index in [0.717, 1.165) is 85.0 Å². The molecule has 0 N–H and O–H groups in total. The van der Waals surface area contributed by atoms with Gasteiger partial charge in [0.1, 0.15) is 5.60 Å². The lowest BCUT2D eigenvalue weighted by atomic mass is 9.96. The molecule has 3 aromatic carbocycles. The minimum atomic E-state index is -0.641. The topological polar surface area (TPSA) is 80.8 Å². The molecule has 9 heteroatoms. The van der Waals surface area contributed by atoms with Crippen LogP contribution >= 0.6 is 11.6 Å². The van der Waals surface area contributed by atoms with Crippen molar-refractivity contribution in [1.29, 1.82) is 0 Å². The van der Waals surface area contributed by atoms with Gasteiger partial charge in [0.15, 0.2) is 0 Å². The zero-order chi connectivity index (χ0) is 32.3. The number of nitro benzene ring substituents is 1. The molecule has 0 amide bonds. The zero-order valence-electron chi connectivity index (χ0n) is 26.7. The van der Waals surface area contributed by atoms with Crippen LogP contribution in [0.1, 0.15) is 56.6 Å². The predicted octanol–water partition coefficient (Wildman–Crippen LogP) is 8.77. The number of nitrogens with zero attached hydrogens (tertiary/aromatic N) is 4. The number of nitro groups is 1. The summed E-state index contributed by atoms with van der Waals surface area (Å²) in [5, 5.41) is 11.7. The van der Waals surface area contributed by atoms with Gasteiger partial charge in [-0.1, -0.05) is 49.2 Å². The van der Waals surface area contributed by atoms with E-state index in [1.54, 1.807) is 12.1 Å². The number of esters is 1. The molecule has 0 atom stereocenters. The molecular weight excluding hydrogens is 588 g/mol. The molecule has 1 fully saturated rings. The first kappa shape index (κ1) is 32.1. The highest BCUT2D eigenvalue weighted by Crippen LogP contribution is 2.42. The van der Waals surface area contributed by atoms with Crippen LogP contribution in [0.5, 0.6) is 0 Å². The molecule has 0 unspecified atom stereocenters. The number of benzene rings is 3. The standard InChI is InChI=1S/C36H41ClN4O4/c1-6-7-19-40-25(2)32(35(42)45-36(3,4)5)33(34(40)26-11-13-28(37)14-12-26)27-9-8-10-31(24-27)39-22-20-38(21-23-39)29-15-17-30(18-16-29)41(43)44/h8-18,24H,6-7,19-23H2,1-5H3. The number of halogens is 1. The number of piperazine rings is 1. The second-order valence-electron chi connectivity index (χ2n) is 12.5. The van der Waals surface area contributed by atoms with E-state index in [1.807, 2.05) is 64.1 Å². The zero-order valence-corrected chi connectivity index (χ0v) is 27.4. The van der Waals surface area contributed by atoms with Crippen LogP contribution in [0.15, 0.2) is 72.8 Å². The molecule has 0 saturated carbocycles. The largest absolute Gasteiger partial charge is 0.456 e. The van der Waals surface area contributed by atoms with E-state index in [9.17, 15) is 14.9 Å². The van der Waals surface area contributed by atoms with Gasteiger partial charge in [-0.3, -0.25) is 10.1 Å². The Morgan fingerprint density at radius 3 is 2.11 bits per heavy atom. The highest BCUT2D eigenvalue weighted by molar-refractivity contribution is 6.30. The van der Waals surface area contributed by atoms with Crippen molar-refractivity contribution >= 4 is 34.6 Å². The number of hydrogen-bond donors (Lipinski definition) is 0. The number of anilines is 2. The van der Waals surface area contributed by atoms with Gasteiger partial charge in [-0.25, -0.2) is 4.79 Å². The van der Waals surface area contributed by atoms with Crippen molar-refractivity contribution in [2.24, 2.45) is 0 Å². The third-order valence-electron chi connectivity index (χ3n) is 8.18. The summed E-state index contributed by atoms with van der Waals surface area (Å²) in [5.74, 6) is -0.331. The van der Waals surface area contributed by atoms with Gasteiger partial charge in [0.05, 0.1) is 16.2 Å². The summed E-state index contributed by atoms with van der Waals surface area (Å²) in [6.07, 6.45) is 2.00. The number of ether oxygens (including phenoxy) is 1. The molecule has 4 aromatic rings. The number of aromatic nitrogens is 1. The first-order valence-electron chi connectivity index (χ1n) is 15.5. The Hall–Kier alpha value is -4.30. The van der Waals surface area contributed by atoms with Crippen LogP contribution in [0.2, 0.25) is 5.02 Å². The minimum absolute atomic E-state index is 0.0942. The normalized spacial score (nSPS) is 13.6. The van der Waals surface area contributed by atoms with Gasteiger partial charge in [0, 0.05) is 72.5 Å². The van der Waals surface area contributed by atoms with E-state index in [1.165, 1.54) is 0 Å². The van der Waals surface area contributed by atoms with Gasteiger partial charge in [-0.15, -0.1) is 0 Å². The van der Waals surface area contributed by atoms with Gasteiger partial charge in [0.25, 0.3) is 5.69 Å². The van der Waals surface area contributed by atoms with E-state index in [0.29, 0.717) is 10.6 Å². The van der Waals surface area contributed by atoms with Gasteiger partial charge in [0.2, 0.25) is 0 Å². The third-order valence-corrected chi connectivity index (χ3v) is 8.44. The summed E-state index contributed by atoms with van der Waals surface area (Å²) in [5.41, 5.74) is 6.78. The van der Waals surface area contributed by atoms with Crippen molar-refractivity contribution in [3.63, 3.8) is 0 Å². The molecule has 45 heavy (non-hydrogen) atoms. The molecular formula is C36H41ClN4O4. The SMILES string of the molecule is CCCCn1c(C)c(C(=O)OC(C)(C)C)c(-c2cccc(N3CCN(c4ccc([N+](=O)[O-])cc4)CC3)c2)c1-c1ccc(Cl)cc1. The van der Waals surface area contributed by atoms with Gasteiger partial charge in [-0.2, -0.15) is 0 Å². The molecule has 1 saturated heterocycles. The Bertz CT molecular complexity index is 1670.